The highest BCUT2D eigenvalue weighted by Crippen LogP contribution is 2.58. The van der Waals surface area contributed by atoms with Crippen LogP contribution in [0.2, 0.25) is 0 Å². The van der Waals surface area contributed by atoms with E-state index in [1.54, 1.807) is 0 Å². The minimum Gasteiger partial charge on any atom is -0.248 e. The molecule has 10 aromatic carbocycles. The van der Waals surface area contributed by atoms with Crippen LogP contribution in [0.15, 0.2) is 261 Å². The number of hydrogen-bond acceptors (Lipinski definition) is 1. The molecule has 1 heteroatoms. The first-order chi connectivity index (χ1) is 32.2. The van der Waals surface area contributed by atoms with Gasteiger partial charge in [-0.3, -0.25) is 0 Å². The highest BCUT2D eigenvalue weighted by molar-refractivity contribution is 5.97. The third-order valence-corrected chi connectivity index (χ3v) is 13.4. The smallest absolute Gasteiger partial charge is 0.0715 e. The van der Waals surface area contributed by atoms with E-state index in [9.17, 15) is 0 Å². The molecule has 0 saturated heterocycles. The molecule has 1 aliphatic rings. The van der Waals surface area contributed by atoms with E-state index in [-0.39, 0.29) is 0 Å². The van der Waals surface area contributed by atoms with Gasteiger partial charge in [-0.1, -0.05) is 231 Å². The van der Waals surface area contributed by atoms with Gasteiger partial charge in [0.25, 0.3) is 0 Å². The number of pyridine rings is 1. The molecule has 304 valence electrons. The van der Waals surface area contributed by atoms with Crippen LogP contribution in [0.1, 0.15) is 22.3 Å². The second-order valence-corrected chi connectivity index (χ2v) is 17.0. The zero-order chi connectivity index (χ0) is 43.2. The molecule has 0 radical (unpaired) electrons. The fraction of sp³-hybridized carbons (Fsp3) is 0.0156. The number of fused-ring (bicyclic) bond motifs is 4. The standard InChI is InChI=1S/C64H43N/c1-5-17-44(18-6-1)53-40-62(49-20-7-2-8-21-49)65-63(41-53)50-36-31-47(32-37-50)46-29-34-48(35-30-46)58-43-61-59(42-57(58)52-38-33-45-19-13-14-22-51(45)39-52)56-27-15-16-28-60(56)64(61,54-23-9-3-10-24-54)55-25-11-4-12-26-55/h1-43H. The van der Waals surface area contributed by atoms with Gasteiger partial charge in [-0.05, 0) is 119 Å². The molecule has 1 aromatic heterocycles. The summed E-state index contributed by atoms with van der Waals surface area (Å²) in [5, 5.41) is 2.47. The summed E-state index contributed by atoms with van der Waals surface area (Å²) < 4.78 is 0. The van der Waals surface area contributed by atoms with Crippen LogP contribution in [-0.4, -0.2) is 4.98 Å². The summed E-state index contributed by atoms with van der Waals surface area (Å²) in [7, 11) is 0. The highest BCUT2D eigenvalue weighted by Gasteiger charge is 2.46. The fourth-order valence-corrected chi connectivity index (χ4v) is 10.2. The summed E-state index contributed by atoms with van der Waals surface area (Å²) in [5.41, 5.74) is 20.8. The van der Waals surface area contributed by atoms with Gasteiger partial charge in [-0.15, -0.1) is 0 Å². The lowest BCUT2D eigenvalue weighted by Crippen LogP contribution is -2.28. The first-order valence-corrected chi connectivity index (χ1v) is 22.4. The molecule has 0 bridgehead atoms. The summed E-state index contributed by atoms with van der Waals surface area (Å²) in [5.74, 6) is 0. The third-order valence-electron chi connectivity index (χ3n) is 13.4. The Balaban J connectivity index is 0.983. The van der Waals surface area contributed by atoms with Crippen molar-refractivity contribution in [2.75, 3.05) is 0 Å². The molecule has 0 spiro atoms. The number of aromatic nitrogens is 1. The van der Waals surface area contributed by atoms with Gasteiger partial charge >= 0.3 is 0 Å². The number of nitrogens with zero attached hydrogens (tertiary/aromatic N) is 1. The van der Waals surface area contributed by atoms with Crippen molar-refractivity contribution in [2.45, 2.75) is 5.41 Å². The van der Waals surface area contributed by atoms with E-state index in [0.29, 0.717) is 0 Å². The Morgan fingerprint density at radius 1 is 0.231 bits per heavy atom. The first-order valence-electron chi connectivity index (χ1n) is 22.4. The summed E-state index contributed by atoms with van der Waals surface area (Å²) >= 11 is 0. The zero-order valence-corrected chi connectivity index (χ0v) is 35.8. The van der Waals surface area contributed by atoms with Gasteiger partial charge in [0.15, 0.2) is 0 Å². The summed E-state index contributed by atoms with van der Waals surface area (Å²) in [6, 6.07) is 95.2. The van der Waals surface area contributed by atoms with E-state index in [2.05, 4.69) is 255 Å². The summed E-state index contributed by atoms with van der Waals surface area (Å²) in [4.78, 5) is 5.18. The average molecular weight is 826 g/mol. The molecule has 0 saturated carbocycles. The molecule has 1 nitrogen and oxygen atoms in total. The van der Waals surface area contributed by atoms with Crippen molar-refractivity contribution in [1.29, 1.82) is 0 Å². The number of benzene rings is 10. The van der Waals surface area contributed by atoms with Crippen LogP contribution in [-0.2, 0) is 5.41 Å². The Kier molecular flexibility index (Phi) is 9.46. The molecular formula is C64H43N. The largest absolute Gasteiger partial charge is 0.248 e. The predicted octanol–water partition coefficient (Wildman–Crippen LogP) is 16.6. The van der Waals surface area contributed by atoms with Crippen molar-refractivity contribution in [3.05, 3.63) is 283 Å². The zero-order valence-electron chi connectivity index (χ0n) is 35.8. The van der Waals surface area contributed by atoms with Crippen molar-refractivity contribution in [3.63, 3.8) is 0 Å². The van der Waals surface area contributed by atoms with Crippen molar-refractivity contribution in [3.8, 4) is 78.1 Å². The Morgan fingerprint density at radius 3 is 1.31 bits per heavy atom. The molecule has 0 aliphatic heterocycles. The van der Waals surface area contributed by atoms with Gasteiger partial charge in [0.2, 0.25) is 0 Å². The highest BCUT2D eigenvalue weighted by atomic mass is 14.7. The van der Waals surface area contributed by atoms with Crippen molar-refractivity contribution >= 4 is 10.8 Å². The Hall–Kier alpha value is -8.39. The normalized spacial score (nSPS) is 12.4. The van der Waals surface area contributed by atoms with E-state index in [0.717, 1.165) is 33.6 Å². The molecule has 0 atom stereocenters. The Bertz CT molecular complexity index is 3390. The van der Waals surface area contributed by atoms with Gasteiger partial charge in [-0.25, -0.2) is 4.98 Å². The minimum absolute atomic E-state index is 0.496. The van der Waals surface area contributed by atoms with Crippen LogP contribution in [0.4, 0.5) is 0 Å². The maximum absolute atomic E-state index is 5.18. The molecule has 1 aliphatic carbocycles. The van der Waals surface area contributed by atoms with E-state index >= 15 is 0 Å². The molecular weight excluding hydrogens is 783 g/mol. The minimum atomic E-state index is -0.496. The molecule has 0 N–H and O–H groups in total. The quantitative estimate of drug-likeness (QED) is 0.149. The lowest BCUT2D eigenvalue weighted by atomic mass is 9.67. The molecule has 65 heavy (non-hydrogen) atoms. The van der Waals surface area contributed by atoms with Crippen LogP contribution in [0.3, 0.4) is 0 Å². The van der Waals surface area contributed by atoms with E-state index in [4.69, 9.17) is 4.98 Å². The second-order valence-electron chi connectivity index (χ2n) is 17.0. The van der Waals surface area contributed by atoms with Crippen molar-refractivity contribution in [2.24, 2.45) is 0 Å². The second kappa shape index (κ2) is 16.1. The maximum Gasteiger partial charge on any atom is 0.0715 e. The molecule has 12 rings (SSSR count). The number of rotatable bonds is 8. The lowest BCUT2D eigenvalue weighted by Gasteiger charge is -2.34. The summed E-state index contributed by atoms with van der Waals surface area (Å²) in [6.07, 6.45) is 0. The van der Waals surface area contributed by atoms with Gasteiger partial charge < -0.3 is 0 Å². The van der Waals surface area contributed by atoms with Crippen molar-refractivity contribution in [1.82, 2.24) is 4.98 Å². The predicted molar refractivity (Wildman–Crippen MR) is 272 cm³/mol. The van der Waals surface area contributed by atoms with Gasteiger partial charge in [0.05, 0.1) is 16.8 Å². The van der Waals surface area contributed by atoms with Crippen LogP contribution < -0.4 is 0 Å². The lowest BCUT2D eigenvalue weighted by molar-refractivity contribution is 0.769. The van der Waals surface area contributed by atoms with Crippen LogP contribution in [0, 0.1) is 0 Å². The van der Waals surface area contributed by atoms with E-state index < -0.39 is 5.41 Å². The third kappa shape index (κ3) is 6.69. The molecule has 0 amide bonds. The van der Waals surface area contributed by atoms with Gasteiger partial charge in [0.1, 0.15) is 0 Å². The van der Waals surface area contributed by atoms with Crippen LogP contribution >= 0.6 is 0 Å². The monoisotopic (exact) mass is 825 g/mol. The molecule has 11 aromatic rings. The van der Waals surface area contributed by atoms with E-state index in [1.807, 2.05) is 6.07 Å². The molecule has 0 unspecified atom stereocenters. The fourth-order valence-electron chi connectivity index (χ4n) is 10.2. The molecule has 1 heterocycles. The van der Waals surface area contributed by atoms with Gasteiger partial charge in [0, 0.05) is 11.1 Å². The summed E-state index contributed by atoms with van der Waals surface area (Å²) in [6.45, 7) is 0. The topological polar surface area (TPSA) is 12.9 Å². The van der Waals surface area contributed by atoms with E-state index in [1.165, 1.54) is 77.5 Å². The van der Waals surface area contributed by atoms with Crippen LogP contribution in [0.25, 0.3) is 88.9 Å². The maximum atomic E-state index is 5.18. The Morgan fingerprint density at radius 2 is 0.677 bits per heavy atom. The SMILES string of the molecule is c1ccc(-c2cc(-c3ccccc3)nc(-c3ccc(-c4ccc(-c5cc6c(cc5-c5ccc7ccccc7c5)-c5ccccc5C6(c5ccccc5)c5ccccc5)cc4)cc3)c2)cc1. The first kappa shape index (κ1) is 38.3. The number of hydrogen-bond donors (Lipinski definition) is 0. The average Bonchev–Trinajstić information content (AvgIpc) is 3.69. The van der Waals surface area contributed by atoms with Gasteiger partial charge in [-0.2, -0.15) is 0 Å². The van der Waals surface area contributed by atoms with Crippen molar-refractivity contribution < 1.29 is 0 Å². The van der Waals surface area contributed by atoms with Crippen LogP contribution in [0.5, 0.6) is 0 Å². The Labute approximate surface area is 380 Å². The molecule has 0 fully saturated rings.